The number of nitrogens with one attached hydrogen (secondary N) is 1. The number of anilines is 1. The van der Waals surface area contributed by atoms with Gasteiger partial charge in [0.25, 0.3) is 0 Å². The molecule has 1 aliphatic heterocycles. The number of halogens is 5. The molecule has 1 atom stereocenters. The molecule has 228 valence electrons. The summed E-state index contributed by atoms with van der Waals surface area (Å²) in [5.41, 5.74) is 5.78. The molecule has 0 saturated carbocycles. The zero-order chi connectivity index (χ0) is 31.2. The third-order valence-electron chi connectivity index (χ3n) is 6.97. The first-order chi connectivity index (χ1) is 20.4. The molecule has 0 aliphatic carbocycles. The van der Waals surface area contributed by atoms with E-state index in [1.807, 2.05) is 0 Å². The van der Waals surface area contributed by atoms with E-state index in [4.69, 9.17) is 10.3 Å². The Bertz CT molecular complexity index is 1490. The van der Waals surface area contributed by atoms with Crippen LogP contribution in [0.15, 0.2) is 47.7 Å². The maximum atomic E-state index is 14.0. The lowest BCUT2D eigenvalue weighted by Crippen LogP contribution is -2.42. The van der Waals surface area contributed by atoms with E-state index in [2.05, 4.69) is 30.3 Å². The number of ether oxygens (including phenoxy) is 1. The molecule has 3 heterocycles. The average Bonchev–Trinajstić information content (AvgIpc) is 2.98. The van der Waals surface area contributed by atoms with Gasteiger partial charge in [-0.15, -0.1) is 0 Å². The fourth-order valence-corrected chi connectivity index (χ4v) is 4.73. The Morgan fingerprint density at radius 2 is 1.84 bits per heavy atom. The number of amides is 2. The van der Waals surface area contributed by atoms with Crippen LogP contribution in [0.1, 0.15) is 48.0 Å². The molecule has 2 amide bonds. The van der Waals surface area contributed by atoms with E-state index in [-0.39, 0.29) is 43.4 Å². The van der Waals surface area contributed by atoms with E-state index < -0.39 is 47.4 Å². The van der Waals surface area contributed by atoms with Gasteiger partial charge >= 0.3 is 12.2 Å². The number of hydrogen-bond acceptors (Lipinski definition) is 7. The minimum atomic E-state index is -4.70. The average molecular weight is 607 g/mol. The molecule has 0 spiro atoms. The summed E-state index contributed by atoms with van der Waals surface area (Å²) in [4.78, 5) is 29.0. The Balaban J connectivity index is 1.54. The molecule has 1 saturated heterocycles. The molecule has 43 heavy (non-hydrogen) atoms. The van der Waals surface area contributed by atoms with E-state index in [0.717, 1.165) is 24.3 Å². The number of benzene rings is 1. The number of azide groups is 1. The number of nitrogens with zero attached hydrogens (tertiary/aromatic N) is 7. The van der Waals surface area contributed by atoms with Crippen molar-refractivity contribution in [2.75, 3.05) is 31.6 Å². The second-order valence-corrected chi connectivity index (χ2v) is 9.89. The maximum Gasteiger partial charge on any atom is 0.433 e. The zero-order valence-corrected chi connectivity index (χ0v) is 22.9. The predicted octanol–water partition coefficient (Wildman–Crippen LogP) is 5.86. The van der Waals surface area contributed by atoms with Crippen LogP contribution in [0.5, 0.6) is 5.88 Å². The summed E-state index contributed by atoms with van der Waals surface area (Å²) in [6, 6.07) is 5.67. The van der Waals surface area contributed by atoms with E-state index in [1.165, 1.54) is 23.2 Å². The van der Waals surface area contributed by atoms with Crippen molar-refractivity contribution in [3.63, 3.8) is 0 Å². The largest absolute Gasteiger partial charge is 0.474 e. The fraction of sp³-hybridized carbons (Fsp3) is 0.407. The van der Waals surface area contributed by atoms with Gasteiger partial charge in [0, 0.05) is 48.3 Å². The normalized spacial score (nSPS) is 15.4. The topological polar surface area (TPSA) is 149 Å². The van der Waals surface area contributed by atoms with Crippen LogP contribution in [-0.2, 0) is 11.8 Å². The SMILES string of the molecule is Cc1ncc(C(O)(CCN=[N+]=[N-])COc2cccc(C(F)(F)F)n2)c(C2CCN(C(=O)Nc3c(F)cccc3F)CC2)n1. The molecule has 1 aromatic carbocycles. The van der Waals surface area contributed by atoms with Crippen molar-refractivity contribution in [1.82, 2.24) is 19.9 Å². The quantitative estimate of drug-likeness (QED) is 0.135. The van der Waals surface area contributed by atoms with Gasteiger partial charge in [-0.25, -0.2) is 28.5 Å². The lowest BCUT2D eigenvalue weighted by molar-refractivity contribution is -0.141. The number of carbonyl (C=O) groups is 1. The van der Waals surface area contributed by atoms with Gasteiger partial charge in [-0.1, -0.05) is 17.2 Å². The number of aromatic nitrogens is 3. The van der Waals surface area contributed by atoms with Gasteiger partial charge in [-0.05, 0) is 49.9 Å². The third kappa shape index (κ3) is 7.64. The van der Waals surface area contributed by atoms with E-state index >= 15 is 0 Å². The third-order valence-corrected chi connectivity index (χ3v) is 6.97. The van der Waals surface area contributed by atoms with Crippen LogP contribution in [0.2, 0.25) is 0 Å². The van der Waals surface area contributed by atoms with Gasteiger partial charge in [-0.2, -0.15) is 13.2 Å². The van der Waals surface area contributed by atoms with Crippen LogP contribution in [-0.4, -0.2) is 57.2 Å². The molecule has 2 aromatic heterocycles. The molecule has 0 radical (unpaired) electrons. The molecule has 3 aromatic rings. The number of para-hydroxylation sites is 1. The second kappa shape index (κ2) is 13.2. The molecular weight excluding hydrogens is 579 g/mol. The van der Waals surface area contributed by atoms with Crippen molar-refractivity contribution in [2.45, 2.75) is 43.9 Å². The van der Waals surface area contributed by atoms with Crippen LogP contribution in [0.25, 0.3) is 10.4 Å². The molecule has 4 rings (SSSR count). The predicted molar refractivity (Wildman–Crippen MR) is 143 cm³/mol. The lowest BCUT2D eigenvalue weighted by Gasteiger charge is -2.35. The number of likely N-dealkylation sites (tertiary alicyclic amines) is 1. The van der Waals surface area contributed by atoms with E-state index in [9.17, 15) is 31.9 Å². The Morgan fingerprint density at radius 3 is 2.49 bits per heavy atom. The van der Waals surface area contributed by atoms with Crippen LogP contribution in [0.3, 0.4) is 0 Å². The van der Waals surface area contributed by atoms with E-state index in [1.54, 1.807) is 6.92 Å². The highest BCUT2D eigenvalue weighted by molar-refractivity contribution is 5.89. The summed E-state index contributed by atoms with van der Waals surface area (Å²) >= 11 is 0. The smallest absolute Gasteiger partial charge is 0.433 e. The highest BCUT2D eigenvalue weighted by Crippen LogP contribution is 2.36. The van der Waals surface area contributed by atoms with Gasteiger partial charge < -0.3 is 20.1 Å². The Labute approximate surface area is 242 Å². The Kier molecular flexibility index (Phi) is 9.61. The molecular formula is C27H27F5N8O3. The van der Waals surface area contributed by atoms with Crippen molar-refractivity contribution in [3.8, 4) is 5.88 Å². The van der Waals surface area contributed by atoms with E-state index in [0.29, 0.717) is 24.4 Å². The summed E-state index contributed by atoms with van der Waals surface area (Å²) in [7, 11) is 0. The van der Waals surface area contributed by atoms with Gasteiger partial charge in [0.1, 0.15) is 41.0 Å². The standard InChI is InChI=1S/C27H27F5N8O3/c1-16-34-14-18(26(42,10-11-35-39-33)15-43-22-7-3-6-21(37-22)27(30,31)32)23(36-16)17-8-12-40(13-9-17)25(41)38-24-19(28)4-2-5-20(24)29/h2-7,14,17,42H,8-13,15H2,1H3,(H,38,41). The van der Waals surface area contributed by atoms with Crippen LogP contribution in [0, 0.1) is 18.6 Å². The highest BCUT2D eigenvalue weighted by atomic mass is 19.4. The number of hydrogen-bond donors (Lipinski definition) is 2. The number of aryl methyl sites for hydroxylation is 1. The van der Waals surface area contributed by atoms with Crippen molar-refractivity contribution < 1.29 is 36.6 Å². The summed E-state index contributed by atoms with van der Waals surface area (Å²) in [5, 5.41) is 17.5. The molecule has 11 nitrogen and oxygen atoms in total. The Morgan fingerprint density at radius 1 is 1.16 bits per heavy atom. The minimum Gasteiger partial charge on any atom is -0.474 e. The first-order valence-corrected chi connectivity index (χ1v) is 13.2. The molecule has 0 bridgehead atoms. The van der Waals surface area contributed by atoms with Gasteiger partial charge in [0.05, 0.1) is 5.69 Å². The summed E-state index contributed by atoms with van der Waals surface area (Å²) in [6.07, 6.45) is -2.77. The minimum absolute atomic E-state index is 0.176. The van der Waals surface area contributed by atoms with Crippen LogP contribution < -0.4 is 10.1 Å². The van der Waals surface area contributed by atoms with Crippen molar-refractivity contribution in [1.29, 1.82) is 0 Å². The summed E-state index contributed by atoms with van der Waals surface area (Å²) < 4.78 is 72.9. The number of urea groups is 1. The van der Waals surface area contributed by atoms with Crippen LogP contribution in [0.4, 0.5) is 32.4 Å². The highest BCUT2D eigenvalue weighted by Gasteiger charge is 2.38. The lowest BCUT2D eigenvalue weighted by atomic mass is 9.83. The molecule has 16 heteroatoms. The second-order valence-electron chi connectivity index (χ2n) is 9.89. The Hall–Kier alpha value is -4.56. The first kappa shape index (κ1) is 31.4. The maximum absolute atomic E-state index is 14.0. The fourth-order valence-electron chi connectivity index (χ4n) is 4.73. The monoisotopic (exact) mass is 606 g/mol. The molecule has 2 N–H and O–H groups in total. The molecule has 1 fully saturated rings. The molecule has 1 unspecified atom stereocenters. The van der Waals surface area contributed by atoms with Gasteiger partial charge in [0.15, 0.2) is 0 Å². The number of carbonyl (C=O) groups excluding carboxylic acids is 1. The number of alkyl halides is 3. The summed E-state index contributed by atoms with van der Waals surface area (Å²) in [5.74, 6) is -2.12. The number of pyridine rings is 1. The zero-order valence-electron chi connectivity index (χ0n) is 22.9. The number of rotatable bonds is 9. The number of aliphatic hydroxyl groups is 1. The van der Waals surface area contributed by atoms with Gasteiger partial charge in [-0.3, -0.25) is 0 Å². The number of piperidine rings is 1. The molecule has 1 aliphatic rings. The van der Waals surface area contributed by atoms with Crippen molar-refractivity contribution >= 4 is 11.7 Å². The van der Waals surface area contributed by atoms with Crippen LogP contribution >= 0.6 is 0 Å². The summed E-state index contributed by atoms with van der Waals surface area (Å²) in [6.45, 7) is 1.29. The van der Waals surface area contributed by atoms with Crippen molar-refractivity contribution in [2.24, 2.45) is 5.11 Å². The van der Waals surface area contributed by atoms with Crippen molar-refractivity contribution in [3.05, 3.63) is 87.4 Å². The van der Waals surface area contributed by atoms with Gasteiger partial charge in [0.2, 0.25) is 5.88 Å². The first-order valence-electron chi connectivity index (χ1n) is 13.2.